The first-order valence-corrected chi connectivity index (χ1v) is 17.0. The van der Waals surface area contributed by atoms with Gasteiger partial charge in [0.05, 0.1) is 23.6 Å². The third-order valence-corrected chi connectivity index (χ3v) is 8.60. The van der Waals surface area contributed by atoms with E-state index in [9.17, 15) is 18.3 Å². The number of anilines is 1. The summed E-state index contributed by atoms with van der Waals surface area (Å²) in [5.41, 5.74) is 5.31. The predicted octanol–water partition coefficient (Wildman–Crippen LogP) is 7.16. The number of aliphatic hydroxyl groups excluding tert-OH is 1. The summed E-state index contributed by atoms with van der Waals surface area (Å²) in [5, 5.41) is 16.2. The number of nitrogens with one attached hydrogen (secondary N) is 2. The number of allylic oxidation sites excluding steroid dienone is 5. The SMILES string of the molecule is C/C=C(/CC)c1cccc(N(C)S(=O)(=O)CCC)c1C.C/C=C\C=C(/CC)CC(NC=O)C(O)CNC(C)(C)C.CC. The zero-order valence-corrected chi connectivity index (χ0v) is 29.4. The van der Waals surface area contributed by atoms with Crippen LogP contribution in [0.1, 0.15) is 106 Å². The van der Waals surface area contributed by atoms with Crippen molar-refractivity contribution in [3.8, 4) is 0 Å². The van der Waals surface area contributed by atoms with E-state index in [1.807, 2.05) is 92.7 Å². The van der Waals surface area contributed by atoms with Crippen LogP contribution in [-0.2, 0) is 14.8 Å². The van der Waals surface area contributed by atoms with E-state index in [1.54, 1.807) is 7.05 Å². The summed E-state index contributed by atoms with van der Waals surface area (Å²) in [6.45, 7) is 22.6. The van der Waals surface area contributed by atoms with Crippen LogP contribution in [0.5, 0.6) is 0 Å². The lowest BCUT2D eigenvalue weighted by molar-refractivity contribution is -0.110. The summed E-state index contributed by atoms with van der Waals surface area (Å²) < 4.78 is 25.8. The predicted molar refractivity (Wildman–Crippen MR) is 184 cm³/mol. The van der Waals surface area contributed by atoms with Gasteiger partial charge in [0.25, 0.3) is 0 Å². The highest BCUT2D eigenvalue weighted by Gasteiger charge is 2.22. The van der Waals surface area contributed by atoms with Crippen LogP contribution in [0.15, 0.2) is 48.1 Å². The molecule has 0 spiro atoms. The highest BCUT2D eigenvalue weighted by Crippen LogP contribution is 2.30. The number of hydrogen-bond donors (Lipinski definition) is 3. The number of carbonyl (C=O) groups excluding carboxylic acids is 1. The van der Waals surface area contributed by atoms with Crippen molar-refractivity contribution in [3.05, 3.63) is 59.2 Å². The lowest BCUT2D eigenvalue weighted by Gasteiger charge is -2.28. The number of hydrogen-bond acceptors (Lipinski definition) is 5. The Bertz CT molecular complexity index is 1090. The lowest BCUT2D eigenvalue weighted by atomic mass is 9.97. The number of sulfonamides is 1. The Morgan fingerprint density at radius 3 is 2.17 bits per heavy atom. The maximum absolute atomic E-state index is 12.2. The molecule has 2 unspecified atom stereocenters. The molecule has 8 heteroatoms. The Morgan fingerprint density at radius 2 is 1.71 bits per heavy atom. The zero-order chi connectivity index (χ0) is 32.9. The first kappa shape index (κ1) is 41.7. The molecule has 0 radical (unpaired) electrons. The zero-order valence-electron chi connectivity index (χ0n) is 28.5. The maximum atomic E-state index is 12.2. The van der Waals surface area contributed by atoms with Crippen molar-refractivity contribution < 1.29 is 18.3 Å². The molecule has 0 heterocycles. The van der Waals surface area contributed by atoms with Crippen molar-refractivity contribution in [1.82, 2.24) is 10.6 Å². The Morgan fingerprint density at radius 1 is 1.10 bits per heavy atom. The summed E-state index contributed by atoms with van der Waals surface area (Å²) in [7, 11) is -1.59. The largest absolute Gasteiger partial charge is 0.390 e. The molecule has 0 saturated heterocycles. The van der Waals surface area contributed by atoms with E-state index in [-0.39, 0.29) is 17.3 Å². The van der Waals surface area contributed by atoms with Crippen molar-refractivity contribution in [3.63, 3.8) is 0 Å². The second-order valence-corrected chi connectivity index (χ2v) is 13.0. The molecule has 0 bridgehead atoms. The standard InChI is InChI=1S/C16H30N2O2.C16H25NO2S.C2H6/c1-6-8-9-13(7-2)10-14(17-12-19)15(20)11-18-16(3,4)5;1-6-12-20(18,19)17(5)16-11-9-10-15(13(16)4)14(7-2)8-3;1-2/h6,8-9,12,14-15,18,20H,7,10-11H2,1-5H3,(H,17,19);7,9-11H,6,8,12H2,1-5H3;1-2H3/b8-6-,13-9+;14-7-;. The fraction of sp³-hybridized carbons (Fsp3) is 0.618. The summed E-state index contributed by atoms with van der Waals surface area (Å²) in [4.78, 5) is 10.7. The van der Waals surface area contributed by atoms with E-state index in [2.05, 4.69) is 36.6 Å². The van der Waals surface area contributed by atoms with Gasteiger partial charge in [0.2, 0.25) is 16.4 Å². The van der Waals surface area contributed by atoms with E-state index >= 15 is 0 Å². The van der Waals surface area contributed by atoms with Crippen LogP contribution < -0.4 is 14.9 Å². The fourth-order valence-corrected chi connectivity index (χ4v) is 5.49. The second kappa shape index (κ2) is 22.2. The molecule has 1 aromatic rings. The molecule has 0 saturated carbocycles. The van der Waals surface area contributed by atoms with Crippen molar-refractivity contribution in [1.29, 1.82) is 0 Å². The third-order valence-electron chi connectivity index (χ3n) is 6.65. The topological polar surface area (TPSA) is 98.7 Å². The van der Waals surface area contributed by atoms with E-state index in [0.29, 0.717) is 25.8 Å². The molecular formula is C34H61N3O4S. The molecule has 1 amide bonds. The van der Waals surface area contributed by atoms with Gasteiger partial charge in [0.15, 0.2) is 0 Å². The van der Waals surface area contributed by atoms with Gasteiger partial charge in [-0.3, -0.25) is 9.10 Å². The van der Waals surface area contributed by atoms with Gasteiger partial charge in [-0.25, -0.2) is 8.42 Å². The van der Waals surface area contributed by atoms with E-state index in [0.717, 1.165) is 29.7 Å². The number of β-amino-alcohol motifs (C(OH)–C–C–N with tert-alkyl or cyclic N) is 1. The van der Waals surface area contributed by atoms with Crippen LogP contribution in [0.2, 0.25) is 0 Å². The van der Waals surface area contributed by atoms with Gasteiger partial charge in [-0.2, -0.15) is 0 Å². The van der Waals surface area contributed by atoms with Crippen LogP contribution in [0.25, 0.3) is 5.57 Å². The first-order valence-electron chi connectivity index (χ1n) is 15.4. The van der Waals surface area contributed by atoms with Crippen molar-refractivity contribution in [2.75, 3.05) is 23.7 Å². The molecule has 242 valence electrons. The minimum Gasteiger partial charge on any atom is -0.390 e. The quantitative estimate of drug-likeness (QED) is 0.145. The molecule has 0 aromatic heterocycles. The molecule has 0 aliphatic rings. The molecule has 0 aliphatic heterocycles. The van der Waals surface area contributed by atoms with Crippen LogP contribution in [0, 0.1) is 6.92 Å². The minimum atomic E-state index is -3.23. The third kappa shape index (κ3) is 15.7. The maximum Gasteiger partial charge on any atom is 0.234 e. The molecule has 3 N–H and O–H groups in total. The van der Waals surface area contributed by atoms with Crippen LogP contribution >= 0.6 is 0 Å². The minimum absolute atomic E-state index is 0.0545. The number of carbonyl (C=O) groups is 1. The lowest BCUT2D eigenvalue weighted by Crippen LogP contribution is -2.49. The van der Waals surface area contributed by atoms with E-state index in [4.69, 9.17) is 0 Å². The highest BCUT2D eigenvalue weighted by atomic mass is 32.2. The van der Waals surface area contributed by atoms with E-state index < -0.39 is 16.1 Å². The fourth-order valence-electron chi connectivity index (χ4n) is 4.20. The van der Waals surface area contributed by atoms with Gasteiger partial charge in [0, 0.05) is 19.1 Å². The number of aliphatic hydroxyl groups is 1. The van der Waals surface area contributed by atoms with Crippen molar-refractivity contribution >= 4 is 27.7 Å². The summed E-state index contributed by atoms with van der Waals surface area (Å²) >= 11 is 0. The smallest absolute Gasteiger partial charge is 0.234 e. The van der Waals surface area contributed by atoms with Crippen LogP contribution in [-0.4, -0.2) is 57.0 Å². The van der Waals surface area contributed by atoms with Gasteiger partial charge in [-0.1, -0.05) is 76.6 Å². The molecule has 0 fully saturated rings. The Labute approximate surface area is 258 Å². The molecule has 2 atom stereocenters. The van der Waals surface area contributed by atoms with Gasteiger partial charge < -0.3 is 15.7 Å². The monoisotopic (exact) mass is 607 g/mol. The Kier molecular flexibility index (Phi) is 22.0. The van der Waals surface area contributed by atoms with Gasteiger partial charge in [-0.15, -0.1) is 0 Å². The normalized spacial score (nSPS) is 13.8. The average Bonchev–Trinajstić information content (AvgIpc) is 2.95. The highest BCUT2D eigenvalue weighted by molar-refractivity contribution is 7.92. The number of amides is 1. The van der Waals surface area contributed by atoms with Gasteiger partial charge >= 0.3 is 0 Å². The Hall–Kier alpha value is -2.42. The molecular weight excluding hydrogens is 546 g/mol. The number of rotatable bonds is 15. The summed E-state index contributed by atoms with van der Waals surface area (Å²) in [6, 6.07) is 5.58. The first-order chi connectivity index (χ1) is 19.7. The van der Waals surface area contributed by atoms with Gasteiger partial charge in [-0.05, 0) is 90.0 Å². The number of benzene rings is 1. The molecule has 0 aliphatic carbocycles. The van der Waals surface area contributed by atoms with Crippen LogP contribution in [0.4, 0.5) is 5.69 Å². The molecule has 7 nitrogen and oxygen atoms in total. The molecule has 42 heavy (non-hydrogen) atoms. The van der Waals surface area contributed by atoms with Gasteiger partial charge in [0.1, 0.15) is 0 Å². The van der Waals surface area contributed by atoms with Crippen molar-refractivity contribution in [2.45, 2.75) is 120 Å². The van der Waals surface area contributed by atoms with E-state index in [1.165, 1.54) is 15.5 Å². The molecule has 1 aromatic carbocycles. The molecule has 1 rings (SSSR count). The second-order valence-electron chi connectivity index (χ2n) is 10.9. The Balaban J connectivity index is 0. The summed E-state index contributed by atoms with van der Waals surface area (Å²) in [6.07, 6.45) is 11.3. The number of nitrogens with zero attached hydrogens (tertiary/aromatic N) is 1. The summed E-state index contributed by atoms with van der Waals surface area (Å²) in [5.74, 6) is 0.178. The van der Waals surface area contributed by atoms with Crippen molar-refractivity contribution in [2.24, 2.45) is 0 Å². The average molecular weight is 608 g/mol. The van der Waals surface area contributed by atoms with Crippen LogP contribution in [0.3, 0.4) is 0 Å².